The number of thioether (sulfide) groups is 1. The van der Waals surface area contributed by atoms with Crippen molar-refractivity contribution in [2.24, 2.45) is 0 Å². The smallest absolute Gasteiger partial charge is 0.341 e. The topological polar surface area (TPSA) is 102 Å². The zero-order valence-corrected chi connectivity index (χ0v) is 16.5. The van der Waals surface area contributed by atoms with Gasteiger partial charge in [-0.2, -0.15) is 8.78 Å². The normalized spacial score (nSPS) is 11.3. The molecule has 12 heteroatoms. The van der Waals surface area contributed by atoms with Gasteiger partial charge in [-0.05, 0) is 49.5 Å². The fourth-order valence-corrected chi connectivity index (χ4v) is 3.33. The van der Waals surface area contributed by atoms with Crippen LogP contribution in [0.2, 0.25) is 0 Å². The summed E-state index contributed by atoms with van der Waals surface area (Å²) in [5.41, 5.74) is -0.375. The Morgan fingerprint density at radius 1 is 1.14 bits per heavy atom. The molecule has 0 bridgehead atoms. The lowest BCUT2D eigenvalue weighted by atomic mass is 10.2. The van der Waals surface area contributed by atoms with Crippen LogP contribution < -0.4 is 10.0 Å². The van der Waals surface area contributed by atoms with Crippen molar-refractivity contribution in [3.8, 4) is 0 Å². The molecule has 0 unspecified atom stereocenters. The summed E-state index contributed by atoms with van der Waals surface area (Å²) in [6.45, 7) is -0.769. The molecule has 0 saturated heterocycles. The molecule has 0 saturated carbocycles. The Morgan fingerprint density at radius 3 is 2.38 bits per heavy atom. The molecule has 0 radical (unpaired) electrons. The first kappa shape index (κ1) is 22.7. The van der Waals surface area contributed by atoms with E-state index in [0.717, 1.165) is 25.2 Å². The Balaban J connectivity index is 1.98. The van der Waals surface area contributed by atoms with Gasteiger partial charge >= 0.3 is 5.97 Å². The maximum atomic E-state index is 13.8. The van der Waals surface area contributed by atoms with Crippen molar-refractivity contribution < 1.29 is 35.9 Å². The average Bonchev–Trinajstić information content (AvgIpc) is 2.67. The number of amides is 1. The van der Waals surface area contributed by atoms with Gasteiger partial charge in [-0.15, -0.1) is 0 Å². The second-order valence-corrected chi connectivity index (χ2v) is 8.33. The van der Waals surface area contributed by atoms with E-state index >= 15 is 0 Å². The fourth-order valence-electron chi connectivity index (χ4n) is 2.07. The molecular weight excluding hydrogens is 433 g/mol. The lowest BCUT2D eigenvalue weighted by Gasteiger charge is -2.09. The third kappa shape index (κ3) is 6.48. The van der Waals surface area contributed by atoms with Crippen LogP contribution in [0.1, 0.15) is 10.4 Å². The molecule has 2 rings (SSSR count). The number of sulfonamides is 1. The van der Waals surface area contributed by atoms with Crippen molar-refractivity contribution in [1.82, 2.24) is 4.72 Å². The predicted octanol–water partition coefficient (Wildman–Crippen LogP) is 2.84. The first-order valence-corrected chi connectivity index (χ1v) is 10.2. The number of hydrogen-bond donors (Lipinski definition) is 2. The summed E-state index contributed by atoms with van der Waals surface area (Å²) in [5, 5.41) is 2.38. The van der Waals surface area contributed by atoms with Crippen LogP contribution in [0.25, 0.3) is 0 Å². The van der Waals surface area contributed by atoms with Gasteiger partial charge in [0.05, 0.1) is 10.5 Å². The summed E-state index contributed by atoms with van der Waals surface area (Å²) in [6, 6.07) is 8.08. The number of nitrogens with one attached hydrogen (secondary N) is 2. The zero-order valence-electron chi connectivity index (χ0n) is 14.8. The molecule has 1 amide bonds. The molecule has 7 nitrogen and oxygen atoms in total. The quantitative estimate of drug-likeness (QED) is 0.476. The minimum Gasteiger partial charge on any atom is -0.452 e. The summed E-state index contributed by atoms with van der Waals surface area (Å²) >= 11 is 0.345. The molecule has 0 aliphatic carbocycles. The van der Waals surface area contributed by atoms with Crippen molar-refractivity contribution in [2.45, 2.75) is 15.5 Å². The summed E-state index contributed by atoms with van der Waals surface area (Å²) in [4.78, 5) is 23.8. The third-order valence-corrected chi connectivity index (χ3v) is 5.57. The number of esters is 1. The van der Waals surface area contributed by atoms with E-state index < -0.39 is 45.6 Å². The van der Waals surface area contributed by atoms with Gasteiger partial charge in [0, 0.05) is 10.6 Å². The van der Waals surface area contributed by atoms with Crippen molar-refractivity contribution in [3.05, 3.63) is 53.8 Å². The van der Waals surface area contributed by atoms with Gasteiger partial charge in [0.2, 0.25) is 10.0 Å². The van der Waals surface area contributed by atoms with Crippen LogP contribution in [0.3, 0.4) is 0 Å². The minimum absolute atomic E-state index is 0.276. The fraction of sp³-hybridized carbons (Fsp3) is 0.176. The molecule has 0 aliphatic heterocycles. The van der Waals surface area contributed by atoms with Crippen molar-refractivity contribution in [2.75, 3.05) is 19.0 Å². The SMILES string of the molecule is CNS(=O)(=O)c1ccc(F)c(C(=O)OCC(=O)Nc2ccc(SC(F)F)cc2)c1. The van der Waals surface area contributed by atoms with E-state index in [1.54, 1.807) is 0 Å². The van der Waals surface area contributed by atoms with E-state index in [1.807, 2.05) is 4.72 Å². The van der Waals surface area contributed by atoms with E-state index in [1.165, 1.54) is 24.3 Å². The van der Waals surface area contributed by atoms with Crippen LogP contribution in [-0.2, 0) is 19.6 Å². The maximum Gasteiger partial charge on any atom is 0.341 e. The Kier molecular flexibility index (Phi) is 7.65. The van der Waals surface area contributed by atoms with Crippen molar-refractivity contribution in [3.63, 3.8) is 0 Å². The maximum absolute atomic E-state index is 13.8. The van der Waals surface area contributed by atoms with E-state index in [9.17, 15) is 31.2 Å². The number of hydrogen-bond acceptors (Lipinski definition) is 6. The number of anilines is 1. The largest absolute Gasteiger partial charge is 0.452 e. The van der Waals surface area contributed by atoms with Gasteiger partial charge in [-0.3, -0.25) is 4.79 Å². The van der Waals surface area contributed by atoms with E-state index in [-0.39, 0.29) is 10.6 Å². The first-order chi connectivity index (χ1) is 13.6. The van der Waals surface area contributed by atoms with Gasteiger partial charge in [0.25, 0.3) is 11.7 Å². The molecule has 0 aromatic heterocycles. The van der Waals surface area contributed by atoms with Crippen LogP contribution in [0.5, 0.6) is 0 Å². The standard InChI is InChI=1S/C17H15F3N2O5S2/c1-21-29(25,26)12-6-7-14(18)13(8-12)16(24)27-9-15(23)22-10-2-4-11(5-3-10)28-17(19)20/h2-8,17,21H,9H2,1H3,(H,22,23). The molecule has 2 N–H and O–H groups in total. The van der Waals surface area contributed by atoms with Gasteiger partial charge in [0.15, 0.2) is 6.61 Å². The predicted molar refractivity (Wildman–Crippen MR) is 99.9 cm³/mol. The number of carbonyl (C=O) groups is 2. The second kappa shape index (κ2) is 9.76. The van der Waals surface area contributed by atoms with E-state index in [4.69, 9.17) is 4.74 Å². The molecule has 29 heavy (non-hydrogen) atoms. The molecule has 156 valence electrons. The van der Waals surface area contributed by atoms with Gasteiger partial charge in [-0.25, -0.2) is 22.3 Å². The highest BCUT2D eigenvalue weighted by atomic mass is 32.2. The second-order valence-electron chi connectivity index (χ2n) is 5.38. The molecule has 0 fully saturated rings. The molecular formula is C17H15F3N2O5S2. The van der Waals surface area contributed by atoms with Gasteiger partial charge < -0.3 is 10.1 Å². The van der Waals surface area contributed by atoms with E-state index in [2.05, 4.69) is 5.32 Å². The van der Waals surface area contributed by atoms with Gasteiger partial charge in [-0.1, -0.05) is 11.8 Å². The highest BCUT2D eigenvalue weighted by Gasteiger charge is 2.20. The highest BCUT2D eigenvalue weighted by molar-refractivity contribution is 7.99. The highest BCUT2D eigenvalue weighted by Crippen LogP contribution is 2.26. The molecule has 2 aromatic carbocycles. The number of ether oxygens (including phenoxy) is 1. The first-order valence-electron chi connectivity index (χ1n) is 7.87. The third-order valence-electron chi connectivity index (χ3n) is 3.43. The molecule has 0 heterocycles. The van der Waals surface area contributed by atoms with E-state index in [0.29, 0.717) is 16.7 Å². The number of carbonyl (C=O) groups excluding carboxylic acids is 2. The van der Waals surface area contributed by atoms with Crippen LogP contribution >= 0.6 is 11.8 Å². The summed E-state index contributed by atoms with van der Waals surface area (Å²) in [6.07, 6.45) is 0. The summed E-state index contributed by atoms with van der Waals surface area (Å²) in [7, 11) is -2.75. The zero-order chi connectivity index (χ0) is 21.6. The van der Waals surface area contributed by atoms with Crippen molar-refractivity contribution in [1.29, 1.82) is 0 Å². The molecule has 0 atom stereocenters. The Hall–Kier alpha value is -2.57. The van der Waals surface area contributed by atoms with Gasteiger partial charge in [0.1, 0.15) is 5.82 Å². The Labute approximate surface area is 168 Å². The molecule has 2 aromatic rings. The lowest BCUT2D eigenvalue weighted by Crippen LogP contribution is -2.22. The number of alkyl halides is 2. The monoisotopic (exact) mass is 448 g/mol. The lowest BCUT2D eigenvalue weighted by molar-refractivity contribution is -0.119. The van der Waals surface area contributed by atoms with Crippen LogP contribution in [0, 0.1) is 5.82 Å². The van der Waals surface area contributed by atoms with Crippen LogP contribution in [-0.4, -0.2) is 39.7 Å². The van der Waals surface area contributed by atoms with Crippen molar-refractivity contribution >= 4 is 39.3 Å². The van der Waals surface area contributed by atoms with Crippen LogP contribution in [0.4, 0.5) is 18.9 Å². The summed E-state index contributed by atoms with van der Waals surface area (Å²) < 4.78 is 68.6. The van der Waals surface area contributed by atoms with Crippen LogP contribution in [0.15, 0.2) is 52.3 Å². The number of benzene rings is 2. The minimum atomic E-state index is -3.91. The number of rotatable bonds is 8. The molecule has 0 spiro atoms. The molecule has 0 aliphatic rings. The number of halogens is 3. The average molecular weight is 448 g/mol. The Bertz CT molecular complexity index is 999. The Morgan fingerprint density at radius 2 is 1.79 bits per heavy atom. The summed E-state index contributed by atoms with van der Waals surface area (Å²) in [5.74, 6) is -5.57.